The summed E-state index contributed by atoms with van der Waals surface area (Å²) in [6.45, 7) is 1.40. The molecule has 0 spiro atoms. The second-order valence-corrected chi connectivity index (χ2v) is 4.59. The van der Waals surface area contributed by atoms with Crippen LogP contribution in [0.1, 0.15) is 11.1 Å². The fourth-order valence-corrected chi connectivity index (χ4v) is 2.49. The largest absolute Gasteiger partial charge is 0.573 e. The first kappa shape index (κ1) is 15.7. The molecule has 0 radical (unpaired) electrons. The number of fused-ring (bicyclic) bond motifs is 1. The van der Waals surface area contributed by atoms with E-state index in [0.29, 0.717) is 12.1 Å². The van der Waals surface area contributed by atoms with Crippen LogP contribution in [0.25, 0.3) is 11.1 Å². The third-order valence-corrected chi connectivity index (χ3v) is 3.29. The molecule has 2 aromatic carbocycles. The number of ether oxygens (including phenoxy) is 1. The third-order valence-electron chi connectivity index (χ3n) is 3.29. The molecular weight excluding hydrogens is 303 g/mol. The number of nitrogens with one attached hydrogen (secondary N) is 1. The summed E-state index contributed by atoms with van der Waals surface area (Å²) in [6, 6.07) is 11.9. The smallest absolute Gasteiger partial charge is 0.405 e. The Balaban J connectivity index is 0.00000161. The maximum absolute atomic E-state index is 12.5. The average molecular weight is 316 g/mol. The highest BCUT2D eigenvalue weighted by atomic mass is 35.5. The van der Waals surface area contributed by atoms with Gasteiger partial charge in [0.1, 0.15) is 5.75 Å². The van der Waals surface area contributed by atoms with Gasteiger partial charge in [0.15, 0.2) is 0 Å². The second-order valence-electron chi connectivity index (χ2n) is 4.59. The highest BCUT2D eigenvalue weighted by Gasteiger charge is 2.32. The minimum atomic E-state index is -4.69. The van der Waals surface area contributed by atoms with E-state index in [9.17, 15) is 13.2 Å². The van der Waals surface area contributed by atoms with Crippen LogP contribution in [-0.4, -0.2) is 6.36 Å². The van der Waals surface area contributed by atoms with Crippen molar-refractivity contribution in [2.24, 2.45) is 0 Å². The van der Waals surface area contributed by atoms with Crippen LogP contribution < -0.4 is 10.1 Å². The summed E-state index contributed by atoms with van der Waals surface area (Å²) >= 11 is 0. The lowest BCUT2D eigenvalue weighted by Gasteiger charge is -2.15. The van der Waals surface area contributed by atoms with E-state index in [1.807, 2.05) is 18.2 Å². The minimum Gasteiger partial charge on any atom is -0.405 e. The van der Waals surface area contributed by atoms with Gasteiger partial charge in [-0.15, -0.1) is 25.6 Å². The van der Waals surface area contributed by atoms with Crippen molar-refractivity contribution in [3.05, 3.63) is 53.6 Å². The van der Waals surface area contributed by atoms with E-state index in [-0.39, 0.29) is 18.2 Å². The molecule has 1 N–H and O–H groups in total. The quantitative estimate of drug-likeness (QED) is 0.893. The molecule has 0 fully saturated rings. The zero-order valence-electron chi connectivity index (χ0n) is 10.9. The highest BCUT2D eigenvalue weighted by Crippen LogP contribution is 2.37. The number of hydrogen-bond acceptors (Lipinski definition) is 2. The van der Waals surface area contributed by atoms with Gasteiger partial charge in [0.05, 0.1) is 0 Å². The van der Waals surface area contributed by atoms with Crippen LogP contribution in [0.2, 0.25) is 0 Å². The number of rotatable bonds is 2. The predicted octanol–water partition coefficient (Wildman–Crippen LogP) is 4.28. The van der Waals surface area contributed by atoms with Gasteiger partial charge >= 0.3 is 6.36 Å². The summed E-state index contributed by atoms with van der Waals surface area (Å²) in [4.78, 5) is 0. The Morgan fingerprint density at radius 1 is 0.905 bits per heavy atom. The molecular formula is C15H13ClF3NO. The van der Waals surface area contributed by atoms with E-state index in [1.54, 1.807) is 12.1 Å². The van der Waals surface area contributed by atoms with Crippen LogP contribution in [0, 0.1) is 0 Å². The first-order chi connectivity index (χ1) is 9.54. The molecule has 21 heavy (non-hydrogen) atoms. The summed E-state index contributed by atoms with van der Waals surface area (Å²) in [7, 11) is 0. The summed E-state index contributed by atoms with van der Waals surface area (Å²) in [6.07, 6.45) is -4.69. The van der Waals surface area contributed by atoms with E-state index in [1.165, 1.54) is 12.1 Å². The van der Waals surface area contributed by atoms with Gasteiger partial charge in [0.2, 0.25) is 0 Å². The molecule has 0 saturated carbocycles. The van der Waals surface area contributed by atoms with Crippen molar-refractivity contribution >= 4 is 12.4 Å². The van der Waals surface area contributed by atoms with Crippen molar-refractivity contribution < 1.29 is 17.9 Å². The molecule has 1 heterocycles. The van der Waals surface area contributed by atoms with Gasteiger partial charge in [0.25, 0.3) is 0 Å². The Morgan fingerprint density at radius 2 is 1.62 bits per heavy atom. The van der Waals surface area contributed by atoms with Crippen molar-refractivity contribution in [1.82, 2.24) is 5.32 Å². The van der Waals surface area contributed by atoms with Gasteiger partial charge in [-0.3, -0.25) is 0 Å². The molecule has 2 nitrogen and oxygen atoms in total. The SMILES string of the molecule is Cl.FC(F)(F)Oc1ccccc1-c1cccc2c1CNC2. The van der Waals surface area contributed by atoms with E-state index in [2.05, 4.69) is 10.1 Å². The van der Waals surface area contributed by atoms with E-state index < -0.39 is 6.36 Å². The van der Waals surface area contributed by atoms with Gasteiger partial charge in [-0.25, -0.2) is 0 Å². The van der Waals surface area contributed by atoms with Gasteiger partial charge in [-0.2, -0.15) is 0 Å². The van der Waals surface area contributed by atoms with Gasteiger partial charge in [-0.05, 0) is 22.8 Å². The Bertz CT molecular complexity index is 643. The molecule has 0 amide bonds. The standard InChI is InChI=1S/C15H12F3NO.ClH/c16-15(17,18)20-14-7-2-1-5-12(14)11-6-3-4-10-8-19-9-13(10)11;/h1-7,19H,8-9H2;1H. The molecule has 0 bridgehead atoms. The topological polar surface area (TPSA) is 21.3 Å². The van der Waals surface area contributed by atoms with Crippen LogP contribution in [0.5, 0.6) is 5.75 Å². The summed E-state index contributed by atoms with van der Waals surface area (Å²) < 4.78 is 41.6. The van der Waals surface area contributed by atoms with Crippen molar-refractivity contribution in [3.63, 3.8) is 0 Å². The molecule has 6 heteroatoms. The van der Waals surface area contributed by atoms with Crippen molar-refractivity contribution in [1.29, 1.82) is 0 Å². The lowest BCUT2D eigenvalue weighted by Crippen LogP contribution is -2.17. The first-order valence-corrected chi connectivity index (χ1v) is 6.21. The Hall–Kier alpha value is -1.72. The molecule has 3 rings (SSSR count). The molecule has 112 valence electrons. The highest BCUT2D eigenvalue weighted by molar-refractivity contribution is 5.85. The number of hydrogen-bond donors (Lipinski definition) is 1. The molecule has 0 unspecified atom stereocenters. The Kier molecular flexibility index (Phi) is 4.44. The van der Waals surface area contributed by atoms with Crippen LogP contribution in [0.3, 0.4) is 0 Å². The average Bonchev–Trinajstić information content (AvgIpc) is 2.85. The van der Waals surface area contributed by atoms with E-state index in [0.717, 1.165) is 23.2 Å². The fourth-order valence-electron chi connectivity index (χ4n) is 2.49. The fraction of sp³-hybridized carbons (Fsp3) is 0.200. The number of halogens is 4. The molecule has 0 atom stereocenters. The number of alkyl halides is 3. The zero-order chi connectivity index (χ0) is 14.2. The summed E-state index contributed by atoms with van der Waals surface area (Å²) in [5.41, 5.74) is 3.40. The van der Waals surface area contributed by atoms with E-state index >= 15 is 0 Å². The molecule has 0 aromatic heterocycles. The lowest BCUT2D eigenvalue weighted by molar-refractivity contribution is -0.274. The minimum absolute atomic E-state index is 0. The molecule has 2 aromatic rings. The van der Waals surface area contributed by atoms with Crippen molar-refractivity contribution in [3.8, 4) is 16.9 Å². The van der Waals surface area contributed by atoms with Gasteiger partial charge < -0.3 is 10.1 Å². The monoisotopic (exact) mass is 315 g/mol. The number of benzene rings is 2. The maximum atomic E-state index is 12.5. The summed E-state index contributed by atoms with van der Waals surface area (Å²) in [5, 5.41) is 3.20. The molecule has 1 aliphatic rings. The van der Waals surface area contributed by atoms with Crippen molar-refractivity contribution in [2.75, 3.05) is 0 Å². The second kappa shape index (κ2) is 5.95. The molecule has 0 saturated heterocycles. The first-order valence-electron chi connectivity index (χ1n) is 6.21. The molecule has 0 aliphatic carbocycles. The van der Waals surface area contributed by atoms with Crippen LogP contribution in [0.15, 0.2) is 42.5 Å². The molecule has 1 aliphatic heterocycles. The van der Waals surface area contributed by atoms with Gasteiger partial charge in [-0.1, -0.05) is 36.4 Å². The Labute approximate surface area is 126 Å². The van der Waals surface area contributed by atoms with Crippen molar-refractivity contribution in [2.45, 2.75) is 19.5 Å². The summed E-state index contributed by atoms with van der Waals surface area (Å²) in [5.74, 6) is -0.166. The normalized spacial score (nSPS) is 13.5. The Morgan fingerprint density at radius 3 is 2.38 bits per heavy atom. The van der Waals surface area contributed by atoms with Gasteiger partial charge in [0, 0.05) is 18.7 Å². The van der Waals surface area contributed by atoms with Crippen LogP contribution in [0.4, 0.5) is 13.2 Å². The predicted molar refractivity (Wildman–Crippen MR) is 76.4 cm³/mol. The van der Waals surface area contributed by atoms with E-state index in [4.69, 9.17) is 0 Å². The zero-order valence-corrected chi connectivity index (χ0v) is 11.7. The van der Waals surface area contributed by atoms with Crippen LogP contribution in [-0.2, 0) is 13.1 Å². The maximum Gasteiger partial charge on any atom is 0.573 e. The number of para-hydroxylation sites is 1. The third kappa shape index (κ3) is 3.31. The van der Waals surface area contributed by atoms with Crippen LogP contribution >= 0.6 is 12.4 Å². The lowest BCUT2D eigenvalue weighted by atomic mass is 9.96.